The molecule has 0 N–H and O–H groups in total. The van der Waals surface area contributed by atoms with Crippen LogP contribution in [0, 0.1) is 0 Å². The monoisotopic (exact) mass is 288 g/mol. The minimum absolute atomic E-state index is 0.153. The molecule has 3 heteroatoms. The second-order valence-corrected chi connectivity index (χ2v) is 10.7. The van der Waals surface area contributed by atoms with Crippen molar-refractivity contribution >= 4 is 8.56 Å². The number of rotatable bonds is 11. The molecule has 0 aliphatic carbocycles. The van der Waals surface area contributed by atoms with Crippen molar-refractivity contribution in [3.63, 3.8) is 0 Å². The fourth-order valence-corrected chi connectivity index (χ4v) is 6.12. The molecule has 116 valence electrons. The van der Waals surface area contributed by atoms with E-state index in [0.29, 0.717) is 0 Å². The zero-order chi connectivity index (χ0) is 14.8. The number of unbranched alkanes of at least 4 members (excludes halogenated alkanes) is 6. The van der Waals surface area contributed by atoms with Crippen LogP contribution in [0.1, 0.15) is 79.6 Å². The van der Waals surface area contributed by atoms with E-state index in [1.54, 1.807) is 0 Å². The fraction of sp³-hybridized carbons (Fsp3) is 1.00. The van der Waals surface area contributed by atoms with Crippen LogP contribution in [0.4, 0.5) is 0 Å². The SMILES string of the molecule is CCCCCCCCC[Si](OC)(OCC)C(C)(C)C. The lowest BCUT2D eigenvalue weighted by Crippen LogP contribution is -2.49. The molecular weight excluding hydrogens is 252 g/mol. The van der Waals surface area contributed by atoms with Gasteiger partial charge in [0.2, 0.25) is 0 Å². The van der Waals surface area contributed by atoms with E-state index in [9.17, 15) is 0 Å². The van der Waals surface area contributed by atoms with Gasteiger partial charge in [-0.15, -0.1) is 0 Å². The number of hydrogen-bond acceptors (Lipinski definition) is 2. The van der Waals surface area contributed by atoms with Gasteiger partial charge in [-0.25, -0.2) is 0 Å². The van der Waals surface area contributed by atoms with Gasteiger partial charge in [-0.2, -0.15) is 0 Å². The van der Waals surface area contributed by atoms with E-state index in [0.717, 1.165) is 12.7 Å². The molecule has 0 radical (unpaired) electrons. The molecule has 1 atom stereocenters. The number of hydrogen-bond donors (Lipinski definition) is 0. The van der Waals surface area contributed by atoms with Gasteiger partial charge in [0.05, 0.1) is 0 Å². The molecule has 0 bridgehead atoms. The Bertz CT molecular complexity index is 213. The Hall–Kier alpha value is 0.137. The summed E-state index contributed by atoms with van der Waals surface area (Å²) in [6.07, 6.45) is 9.44. The van der Waals surface area contributed by atoms with Crippen molar-refractivity contribution in [3.05, 3.63) is 0 Å². The van der Waals surface area contributed by atoms with Gasteiger partial charge in [-0.05, 0) is 13.0 Å². The largest absolute Gasteiger partial charge is 0.397 e. The third-order valence-electron chi connectivity index (χ3n) is 3.96. The fourth-order valence-electron chi connectivity index (χ4n) is 2.68. The summed E-state index contributed by atoms with van der Waals surface area (Å²) in [5.41, 5.74) is 0. The minimum atomic E-state index is -2.05. The Labute approximate surface area is 122 Å². The predicted octanol–water partition coefficient (Wildman–Crippen LogP) is 5.66. The molecule has 0 aromatic rings. The highest BCUT2D eigenvalue weighted by atomic mass is 28.4. The molecule has 19 heavy (non-hydrogen) atoms. The molecule has 0 aromatic carbocycles. The first kappa shape index (κ1) is 19.1. The van der Waals surface area contributed by atoms with Crippen LogP contribution in [0.5, 0.6) is 0 Å². The van der Waals surface area contributed by atoms with E-state index in [1.807, 2.05) is 7.11 Å². The smallest absolute Gasteiger partial charge is 0.343 e. The molecule has 0 spiro atoms. The van der Waals surface area contributed by atoms with Crippen LogP contribution in [-0.4, -0.2) is 22.3 Å². The Kier molecular flexibility index (Phi) is 10.0. The van der Waals surface area contributed by atoms with Crippen molar-refractivity contribution < 1.29 is 8.85 Å². The van der Waals surface area contributed by atoms with E-state index < -0.39 is 8.56 Å². The van der Waals surface area contributed by atoms with Crippen molar-refractivity contribution in [2.45, 2.75) is 90.6 Å². The van der Waals surface area contributed by atoms with Crippen molar-refractivity contribution in [1.82, 2.24) is 0 Å². The quantitative estimate of drug-likeness (QED) is 0.360. The van der Waals surface area contributed by atoms with Gasteiger partial charge in [-0.3, -0.25) is 0 Å². The molecule has 0 rings (SSSR count). The van der Waals surface area contributed by atoms with E-state index in [4.69, 9.17) is 8.85 Å². The third-order valence-corrected chi connectivity index (χ3v) is 8.67. The molecule has 2 nitrogen and oxygen atoms in total. The first-order chi connectivity index (χ1) is 8.93. The third kappa shape index (κ3) is 6.91. The predicted molar refractivity (Wildman–Crippen MR) is 86.9 cm³/mol. The summed E-state index contributed by atoms with van der Waals surface area (Å²) in [7, 11) is -0.205. The van der Waals surface area contributed by atoms with Gasteiger partial charge in [0.25, 0.3) is 0 Å². The molecule has 1 unspecified atom stereocenters. The van der Waals surface area contributed by atoms with Gasteiger partial charge >= 0.3 is 8.56 Å². The maximum Gasteiger partial charge on any atom is 0.343 e. The lowest BCUT2D eigenvalue weighted by molar-refractivity contribution is 0.183. The Balaban J connectivity index is 4.07. The van der Waals surface area contributed by atoms with Crippen LogP contribution in [0.3, 0.4) is 0 Å². The maximum atomic E-state index is 6.10. The average molecular weight is 289 g/mol. The van der Waals surface area contributed by atoms with Gasteiger partial charge in [-0.1, -0.05) is 72.6 Å². The van der Waals surface area contributed by atoms with Crippen molar-refractivity contribution in [2.75, 3.05) is 13.7 Å². The summed E-state index contributed by atoms with van der Waals surface area (Å²) in [5.74, 6) is 0. The van der Waals surface area contributed by atoms with Gasteiger partial charge in [0, 0.05) is 18.8 Å². The van der Waals surface area contributed by atoms with Crippen molar-refractivity contribution in [3.8, 4) is 0 Å². The Morgan fingerprint density at radius 3 is 1.79 bits per heavy atom. The van der Waals surface area contributed by atoms with Crippen molar-refractivity contribution in [2.24, 2.45) is 0 Å². The Morgan fingerprint density at radius 1 is 0.842 bits per heavy atom. The summed E-state index contributed by atoms with van der Waals surface area (Å²) < 4.78 is 12.0. The molecule has 0 fully saturated rings. The molecule has 0 saturated carbocycles. The van der Waals surface area contributed by atoms with Crippen LogP contribution in [-0.2, 0) is 8.85 Å². The molecule has 0 heterocycles. The summed E-state index contributed by atoms with van der Waals surface area (Å²) in [6, 6.07) is 1.13. The highest BCUT2D eigenvalue weighted by Crippen LogP contribution is 2.41. The standard InChI is InChI=1S/C16H36O2Si/c1-7-9-10-11-12-13-14-15-19(17-6,18-8-2)16(3,4)5/h7-15H2,1-6H3. The second kappa shape index (κ2) is 9.95. The lowest BCUT2D eigenvalue weighted by Gasteiger charge is -2.39. The first-order valence-corrected chi connectivity index (χ1v) is 10.1. The molecular formula is C16H36O2Si. The van der Waals surface area contributed by atoms with Crippen LogP contribution < -0.4 is 0 Å². The maximum absolute atomic E-state index is 6.10. The van der Waals surface area contributed by atoms with Crippen LogP contribution in [0.15, 0.2) is 0 Å². The van der Waals surface area contributed by atoms with Crippen LogP contribution >= 0.6 is 0 Å². The summed E-state index contributed by atoms with van der Waals surface area (Å²) in [4.78, 5) is 0. The van der Waals surface area contributed by atoms with Crippen LogP contribution in [0.2, 0.25) is 11.1 Å². The zero-order valence-corrected chi connectivity index (χ0v) is 15.2. The first-order valence-electron chi connectivity index (χ1n) is 8.12. The molecule has 0 amide bonds. The Morgan fingerprint density at radius 2 is 1.37 bits per heavy atom. The zero-order valence-electron chi connectivity index (χ0n) is 14.2. The van der Waals surface area contributed by atoms with E-state index in [2.05, 4.69) is 34.6 Å². The highest BCUT2D eigenvalue weighted by molar-refractivity contribution is 6.70. The van der Waals surface area contributed by atoms with E-state index in [-0.39, 0.29) is 5.04 Å². The average Bonchev–Trinajstić information content (AvgIpc) is 2.35. The molecule has 0 aromatic heterocycles. The molecule has 0 aliphatic rings. The van der Waals surface area contributed by atoms with Gasteiger partial charge in [0.1, 0.15) is 0 Å². The molecule has 0 aliphatic heterocycles. The summed E-state index contributed by atoms with van der Waals surface area (Å²) in [6.45, 7) is 11.9. The molecule has 0 saturated heterocycles. The topological polar surface area (TPSA) is 18.5 Å². The van der Waals surface area contributed by atoms with Crippen molar-refractivity contribution in [1.29, 1.82) is 0 Å². The van der Waals surface area contributed by atoms with Crippen LogP contribution in [0.25, 0.3) is 0 Å². The van der Waals surface area contributed by atoms with E-state index in [1.165, 1.54) is 44.9 Å². The minimum Gasteiger partial charge on any atom is -0.397 e. The second-order valence-electron chi connectivity index (χ2n) is 6.51. The summed E-state index contributed by atoms with van der Waals surface area (Å²) in [5, 5.41) is 0.153. The lowest BCUT2D eigenvalue weighted by atomic mass is 10.1. The highest BCUT2D eigenvalue weighted by Gasteiger charge is 2.47. The normalized spacial score (nSPS) is 15.5. The van der Waals surface area contributed by atoms with Gasteiger partial charge in [0.15, 0.2) is 0 Å². The summed E-state index contributed by atoms with van der Waals surface area (Å²) >= 11 is 0. The van der Waals surface area contributed by atoms with Gasteiger partial charge < -0.3 is 8.85 Å². The van der Waals surface area contributed by atoms with E-state index >= 15 is 0 Å².